The fourth-order valence-electron chi connectivity index (χ4n) is 3.50. The van der Waals surface area contributed by atoms with Gasteiger partial charge in [-0.05, 0) is 30.7 Å². The first kappa shape index (κ1) is 20.6. The minimum atomic E-state index is -0.391. The van der Waals surface area contributed by atoms with Crippen LogP contribution in [0.5, 0.6) is 0 Å². The Bertz CT molecular complexity index is 1130. The van der Waals surface area contributed by atoms with Crippen LogP contribution in [0.2, 0.25) is 0 Å². The molecular formula is C22H22FN7O. The molecule has 3 aromatic rings. The van der Waals surface area contributed by atoms with Crippen molar-refractivity contribution in [2.45, 2.75) is 39.0 Å². The largest absolute Gasteiger partial charge is 0.392 e. The molecule has 4 rings (SSSR count). The van der Waals surface area contributed by atoms with Crippen LogP contribution in [0, 0.1) is 22.6 Å². The lowest BCUT2D eigenvalue weighted by Gasteiger charge is -2.49. The third-order valence-electron chi connectivity index (χ3n) is 5.78. The summed E-state index contributed by atoms with van der Waals surface area (Å²) in [7, 11) is 0. The molecular weight excluding hydrogens is 397 g/mol. The molecule has 1 aliphatic carbocycles. The van der Waals surface area contributed by atoms with Gasteiger partial charge in [0, 0.05) is 35.3 Å². The van der Waals surface area contributed by atoms with Crippen molar-refractivity contribution in [3.05, 3.63) is 59.9 Å². The number of nitrogens with one attached hydrogen (secondary N) is 2. The molecule has 0 saturated heterocycles. The zero-order valence-corrected chi connectivity index (χ0v) is 17.2. The summed E-state index contributed by atoms with van der Waals surface area (Å²) in [6, 6.07) is 8.19. The van der Waals surface area contributed by atoms with E-state index in [-0.39, 0.29) is 17.3 Å². The summed E-state index contributed by atoms with van der Waals surface area (Å²) >= 11 is 0. The van der Waals surface area contributed by atoms with Gasteiger partial charge in [-0.15, -0.1) is 0 Å². The number of aliphatic hydroxyl groups is 1. The van der Waals surface area contributed by atoms with Gasteiger partial charge in [0.25, 0.3) is 0 Å². The van der Waals surface area contributed by atoms with Crippen LogP contribution in [0.4, 0.5) is 16.2 Å². The first-order chi connectivity index (χ1) is 14.9. The van der Waals surface area contributed by atoms with E-state index in [0.29, 0.717) is 36.0 Å². The number of aliphatic hydroxyl groups excluding tert-OH is 1. The van der Waals surface area contributed by atoms with Gasteiger partial charge in [-0.25, -0.2) is 19.3 Å². The molecule has 9 heteroatoms. The minimum absolute atomic E-state index is 0.00459. The normalized spacial score (nSPS) is 19.2. The molecule has 0 bridgehead atoms. The van der Waals surface area contributed by atoms with E-state index in [1.165, 1.54) is 24.7 Å². The van der Waals surface area contributed by atoms with Gasteiger partial charge in [0.1, 0.15) is 29.6 Å². The monoisotopic (exact) mass is 419 g/mol. The number of halogens is 1. The summed E-state index contributed by atoms with van der Waals surface area (Å²) in [5, 5.41) is 25.8. The maximum atomic E-state index is 13.3. The molecule has 0 unspecified atom stereocenters. The molecule has 31 heavy (non-hydrogen) atoms. The minimum Gasteiger partial charge on any atom is -0.392 e. The van der Waals surface area contributed by atoms with Crippen molar-refractivity contribution in [2.24, 2.45) is 5.41 Å². The molecule has 0 aliphatic heterocycles. The van der Waals surface area contributed by atoms with Crippen molar-refractivity contribution < 1.29 is 9.50 Å². The number of anilines is 2. The van der Waals surface area contributed by atoms with Crippen molar-refractivity contribution in [1.82, 2.24) is 19.9 Å². The first-order valence-corrected chi connectivity index (χ1v) is 9.89. The molecule has 2 atom stereocenters. The number of hydrogen-bond donors (Lipinski definition) is 3. The van der Waals surface area contributed by atoms with Crippen LogP contribution in [-0.4, -0.2) is 37.2 Å². The maximum absolute atomic E-state index is 13.3. The van der Waals surface area contributed by atoms with Crippen molar-refractivity contribution in [3.63, 3.8) is 0 Å². The van der Waals surface area contributed by atoms with Gasteiger partial charge < -0.3 is 15.7 Å². The second-order valence-electron chi connectivity index (χ2n) is 8.09. The predicted octanol–water partition coefficient (Wildman–Crippen LogP) is 3.13. The molecule has 2 heterocycles. The molecule has 0 radical (unpaired) electrons. The second-order valence-corrected chi connectivity index (χ2v) is 8.09. The Kier molecular flexibility index (Phi) is 5.48. The number of hydrogen-bond acceptors (Lipinski definition) is 8. The number of nitriles is 1. The molecule has 8 nitrogen and oxygen atoms in total. The van der Waals surface area contributed by atoms with E-state index in [2.05, 4.69) is 36.6 Å². The highest BCUT2D eigenvalue weighted by molar-refractivity contribution is 5.63. The van der Waals surface area contributed by atoms with E-state index in [1.807, 2.05) is 13.8 Å². The Morgan fingerprint density at radius 2 is 2.00 bits per heavy atom. The smallest absolute Gasteiger partial charge is 0.224 e. The molecule has 0 spiro atoms. The van der Waals surface area contributed by atoms with E-state index < -0.39 is 6.10 Å². The Morgan fingerprint density at radius 1 is 1.23 bits per heavy atom. The summed E-state index contributed by atoms with van der Waals surface area (Å²) < 4.78 is 13.3. The average molecular weight is 419 g/mol. The molecule has 3 N–H and O–H groups in total. The molecule has 1 aromatic carbocycles. The van der Waals surface area contributed by atoms with Crippen LogP contribution in [0.3, 0.4) is 0 Å². The van der Waals surface area contributed by atoms with Crippen LogP contribution in [-0.2, 0) is 6.54 Å². The third-order valence-corrected chi connectivity index (χ3v) is 5.78. The van der Waals surface area contributed by atoms with E-state index in [9.17, 15) is 14.8 Å². The molecule has 2 aromatic heterocycles. The van der Waals surface area contributed by atoms with Crippen molar-refractivity contribution in [2.75, 3.05) is 10.6 Å². The van der Waals surface area contributed by atoms with Gasteiger partial charge in [0.2, 0.25) is 5.95 Å². The standard InChI is InChI=1S/C22H22FN7O/c1-22(2)17(7-18(22)31)29-20-14(8-24)10-26-21(30-20)27-11-15-9-25-12-28-19(15)13-3-5-16(23)6-4-13/h3-6,9-10,12,17-18,31H,7,11H2,1-2H3,(H2,26,27,29,30)/t17-,18-/m0/s1. The van der Waals surface area contributed by atoms with Crippen LogP contribution in [0.1, 0.15) is 31.4 Å². The third kappa shape index (κ3) is 4.15. The Hall–Kier alpha value is -3.64. The Morgan fingerprint density at radius 3 is 2.68 bits per heavy atom. The van der Waals surface area contributed by atoms with Crippen LogP contribution >= 0.6 is 0 Å². The van der Waals surface area contributed by atoms with Gasteiger partial charge in [-0.1, -0.05) is 13.8 Å². The van der Waals surface area contributed by atoms with Gasteiger partial charge in [-0.3, -0.25) is 0 Å². The van der Waals surface area contributed by atoms with E-state index >= 15 is 0 Å². The lowest BCUT2D eigenvalue weighted by molar-refractivity contribution is -0.0511. The van der Waals surface area contributed by atoms with Crippen molar-refractivity contribution in [1.29, 1.82) is 5.26 Å². The summed E-state index contributed by atoms with van der Waals surface area (Å²) in [5.41, 5.74) is 2.27. The maximum Gasteiger partial charge on any atom is 0.224 e. The van der Waals surface area contributed by atoms with Gasteiger partial charge in [-0.2, -0.15) is 10.2 Å². The second kappa shape index (κ2) is 8.24. The summed E-state index contributed by atoms with van der Waals surface area (Å²) in [6.45, 7) is 4.28. The van der Waals surface area contributed by atoms with Gasteiger partial charge >= 0.3 is 0 Å². The fourth-order valence-corrected chi connectivity index (χ4v) is 3.50. The Labute approximate surface area is 179 Å². The highest BCUT2D eigenvalue weighted by Gasteiger charge is 2.47. The number of nitrogens with zero attached hydrogens (tertiary/aromatic N) is 5. The van der Waals surface area contributed by atoms with Gasteiger partial charge in [0.05, 0.1) is 18.0 Å². The molecule has 0 amide bonds. The summed E-state index contributed by atoms with van der Waals surface area (Å²) in [5.74, 6) is 0.451. The zero-order valence-electron chi connectivity index (χ0n) is 17.2. The highest BCUT2D eigenvalue weighted by Crippen LogP contribution is 2.42. The van der Waals surface area contributed by atoms with Gasteiger partial charge in [0.15, 0.2) is 0 Å². The fraction of sp³-hybridized carbons (Fsp3) is 0.318. The number of rotatable bonds is 6. The summed E-state index contributed by atoms with van der Waals surface area (Å²) in [6.07, 6.45) is 4.78. The molecule has 1 saturated carbocycles. The van der Waals surface area contributed by atoms with E-state index in [4.69, 9.17) is 0 Å². The molecule has 158 valence electrons. The SMILES string of the molecule is CC1(C)[C@@H](Nc2nc(NCc3cncnc3-c3ccc(F)cc3)ncc2C#N)C[C@@H]1O. The summed E-state index contributed by atoms with van der Waals surface area (Å²) in [4.78, 5) is 17.1. The van der Waals surface area contributed by atoms with E-state index in [0.717, 1.165) is 11.1 Å². The molecule has 1 aliphatic rings. The number of aromatic nitrogens is 4. The quantitative estimate of drug-likeness (QED) is 0.557. The predicted molar refractivity (Wildman–Crippen MR) is 113 cm³/mol. The average Bonchev–Trinajstić information content (AvgIpc) is 2.78. The topological polar surface area (TPSA) is 120 Å². The van der Waals surface area contributed by atoms with Crippen LogP contribution in [0.25, 0.3) is 11.3 Å². The zero-order chi connectivity index (χ0) is 22.0. The lowest BCUT2D eigenvalue weighted by Crippen LogP contribution is -2.57. The first-order valence-electron chi connectivity index (χ1n) is 9.89. The van der Waals surface area contributed by atoms with Crippen LogP contribution < -0.4 is 10.6 Å². The highest BCUT2D eigenvalue weighted by atomic mass is 19.1. The molecule has 1 fully saturated rings. The van der Waals surface area contributed by atoms with E-state index in [1.54, 1.807) is 18.3 Å². The number of benzene rings is 1. The van der Waals surface area contributed by atoms with Crippen molar-refractivity contribution in [3.8, 4) is 17.3 Å². The Balaban J connectivity index is 1.52. The van der Waals surface area contributed by atoms with Crippen LogP contribution in [0.15, 0.2) is 43.0 Å². The van der Waals surface area contributed by atoms with Crippen molar-refractivity contribution >= 4 is 11.8 Å². The lowest BCUT2D eigenvalue weighted by atomic mass is 9.64.